The Morgan fingerprint density at radius 3 is 2.50 bits per heavy atom. The fourth-order valence-corrected chi connectivity index (χ4v) is 1.60. The number of aliphatic hydroxyl groups excluding tert-OH is 1. The van der Waals surface area contributed by atoms with E-state index in [1.54, 1.807) is 18.2 Å². The molecular weight excluding hydrogens is 270 g/mol. The van der Waals surface area contributed by atoms with Crippen molar-refractivity contribution < 1.29 is 9.52 Å². The van der Waals surface area contributed by atoms with Crippen molar-refractivity contribution in [3.05, 3.63) is 46.6 Å². The Morgan fingerprint density at radius 2 is 1.88 bits per heavy atom. The van der Waals surface area contributed by atoms with E-state index in [-0.39, 0.29) is 5.76 Å². The zero-order valence-corrected chi connectivity index (χ0v) is 9.81. The van der Waals surface area contributed by atoms with Gasteiger partial charge in [0.05, 0.1) is 0 Å². The molecule has 80 valence electrons. The number of benzene rings is 1. The number of hydrogen-bond donors (Lipinski definition) is 1. The highest BCUT2D eigenvalue weighted by molar-refractivity contribution is 9.10. The molecule has 16 heavy (non-hydrogen) atoms. The molecule has 1 N–H and O–H groups in total. The van der Waals surface area contributed by atoms with Crippen molar-refractivity contribution in [3.63, 3.8) is 0 Å². The van der Waals surface area contributed by atoms with E-state index in [4.69, 9.17) is 9.68 Å². The van der Waals surface area contributed by atoms with E-state index in [1.807, 2.05) is 24.3 Å². The van der Waals surface area contributed by atoms with Crippen molar-refractivity contribution in [3.8, 4) is 17.4 Å². The normalized spacial score (nSPS) is 12.1. The second-order valence-electron chi connectivity index (χ2n) is 3.24. The molecule has 0 radical (unpaired) electrons. The third-order valence-electron chi connectivity index (χ3n) is 2.15. The molecule has 3 nitrogen and oxygen atoms in total. The molecule has 0 saturated heterocycles. The Morgan fingerprint density at radius 1 is 1.19 bits per heavy atom. The Labute approximate surface area is 101 Å². The van der Waals surface area contributed by atoms with Crippen LogP contribution in [-0.2, 0) is 0 Å². The summed E-state index contributed by atoms with van der Waals surface area (Å²) in [6, 6.07) is 12.6. The summed E-state index contributed by atoms with van der Waals surface area (Å²) in [6.07, 6.45) is -1.20. The number of nitriles is 1. The van der Waals surface area contributed by atoms with Gasteiger partial charge in [-0.15, -0.1) is 0 Å². The van der Waals surface area contributed by atoms with Gasteiger partial charge >= 0.3 is 0 Å². The molecule has 0 aliphatic heterocycles. The van der Waals surface area contributed by atoms with Gasteiger partial charge in [0, 0.05) is 10.0 Å². The SMILES string of the molecule is N#C[C@H](O)c1ccc(-c2ccc(Br)cc2)o1. The molecule has 1 aromatic heterocycles. The Kier molecular flexibility index (Phi) is 3.09. The maximum atomic E-state index is 9.27. The second kappa shape index (κ2) is 4.52. The Balaban J connectivity index is 2.32. The summed E-state index contributed by atoms with van der Waals surface area (Å²) < 4.78 is 6.36. The molecule has 0 aliphatic rings. The number of nitrogens with zero attached hydrogens (tertiary/aromatic N) is 1. The predicted molar refractivity (Wildman–Crippen MR) is 62.4 cm³/mol. The predicted octanol–water partition coefficient (Wildman–Crippen LogP) is 3.27. The number of furan rings is 1. The van der Waals surface area contributed by atoms with Gasteiger partial charge in [-0.1, -0.05) is 28.1 Å². The zero-order valence-electron chi connectivity index (χ0n) is 8.22. The lowest BCUT2D eigenvalue weighted by molar-refractivity contribution is 0.205. The van der Waals surface area contributed by atoms with Gasteiger partial charge in [-0.25, -0.2) is 0 Å². The van der Waals surface area contributed by atoms with E-state index in [2.05, 4.69) is 15.9 Å². The molecule has 1 aromatic carbocycles. The molecule has 0 spiro atoms. The van der Waals surface area contributed by atoms with E-state index in [9.17, 15) is 5.11 Å². The lowest BCUT2D eigenvalue weighted by atomic mass is 10.2. The molecule has 2 aromatic rings. The number of halogens is 1. The average molecular weight is 278 g/mol. The van der Waals surface area contributed by atoms with Gasteiger partial charge in [-0.05, 0) is 24.3 Å². The zero-order chi connectivity index (χ0) is 11.5. The van der Waals surface area contributed by atoms with Gasteiger partial charge in [0.2, 0.25) is 0 Å². The molecule has 2 rings (SSSR count). The van der Waals surface area contributed by atoms with Crippen LogP contribution in [0.25, 0.3) is 11.3 Å². The van der Waals surface area contributed by atoms with E-state index in [0.29, 0.717) is 5.76 Å². The molecule has 1 heterocycles. The van der Waals surface area contributed by atoms with E-state index >= 15 is 0 Å². The highest BCUT2D eigenvalue weighted by Gasteiger charge is 2.11. The minimum absolute atomic E-state index is 0.264. The van der Waals surface area contributed by atoms with Crippen molar-refractivity contribution in [1.29, 1.82) is 5.26 Å². The molecule has 0 fully saturated rings. The van der Waals surface area contributed by atoms with Gasteiger partial charge in [0.25, 0.3) is 0 Å². The first-order valence-electron chi connectivity index (χ1n) is 4.64. The van der Waals surface area contributed by atoms with E-state index in [1.165, 1.54) is 0 Å². The third kappa shape index (κ3) is 2.16. The Bertz CT molecular complexity index is 525. The standard InChI is InChI=1S/C12H8BrNO2/c13-9-3-1-8(2-4-9)11-5-6-12(16-11)10(15)7-14/h1-6,10,15H/t10-/m0/s1. The topological polar surface area (TPSA) is 57.2 Å². The van der Waals surface area contributed by atoms with Crippen LogP contribution in [-0.4, -0.2) is 5.11 Å². The summed E-state index contributed by atoms with van der Waals surface area (Å²) in [4.78, 5) is 0. The molecule has 4 heteroatoms. The third-order valence-corrected chi connectivity index (χ3v) is 2.68. The van der Waals surface area contributed by atoms with Crippen molar-refractivity contribution >= 4 is 15.9 Å². The summed E-state index contributed by atoms with van der Waals surface area (Å²) in [5.41, 5.74) is 0.902. The summed E-state index contributed by atoms with van der Waals surface area (Å²) in [6.45, 7) is 0. The van der Waals surface area contributed by atoms with Crippen LogP contribution in [0, 0.1) is 11.3 Å². The minimum atomic E-state index is -1.20. The highest BCUT2D eigenvalue weighted by Crippen LogP contribution is 2.26. The highest BCUT2D eigenvalue weighted by atomic mass is 79.9. The second-order valence-corrected chi connectivity index (χ2v) is 4.16. The Hall–Kier alpha value is -1.57. The van der Waals surface area contributed by atoms with Crippen molar-refractivity contribution in [2.45, 2.75) is 6.10 Å². The van der Waals surface area contributed by atoms with Crippen LogP contribution in [0.3, 0.4) is 0 Å². The molecule has 0 saturated carbocycles. The van der Waals surface area contributed by atoms with Gasteiger partial charge in [-0.3, -0.25) is 0 Å². The number of aliphatic hydroxyl groups is 1. The van der Waals surface area contributed by atoms with Crippen LogP contribution in [0.1, 0.15) is 11.9 Å². The molecule has 0 bridgehead atoms. The number of hydrogen-bond acceptors (Lipinski definition) is 3. The number of rotatable bonds is 2. The van der Waals surface area contributed by atoms with Crippen LogP contribution in [0.15, 0.2) is 45.3 Å². The lowest BCUT2D eigenvalue weighted by Gasteiger charge is -1.98. The van der Waals surface area contributed by atoms with Gasteiger partial charge in [0.1, 0.15) is 17.6 Å². The van der Waals surface area contributed by atoms with Crippen LogP contribution in [0.5, 0.6) is 0 Å². The lowest BCUT2D eigenvalue weighted by Crippen LogP contribution is -1.88. The quantitative estimate of drug-likeness (QED) is 0.858. The smallest absolute Gasteiger partial charge is 0.198 e. The van der Waals surface area contributed by atoms with Gasteiger partial charge in [0.15, 0.2) is 6.10 Å². The summed E-state index contributed by atoms with van der Waals surface area (Å²) in [7, 11) is 0. The largest absolute Gasteiger partial charge is 0.457 e. The van der Waals surface area contributed by atoms with Crippen molar-refractivity contribution in [1.82, 2.24) is 0 Å². The van der Waals surface area contributed by atoms with Crippen LogP contribution in [0.4, 0.5) is 0 Å². The van der Waals surface area contributed by atoms with Gasteiger partial charge < -0.3 is 9.52 Å². The summed E-state index contributed by atoms with van der Waals surface area (Å²) in [5.74, 6) is 0.900. The molecule has 1 atom stereocenters. The maximum Gasteiger partial charge on any atom is 0.198 e. The summed E-state index contributed by atoms with van der Waals surface area (Å²) >= 11 is 3.34. The van der Waals surface area contributed by atoms with E-state index in [0.717, 1.165) is 10.0 Å². The monoisotopic (exact) mass is 277 g/mol. The van der Waals surface area contributed by atoms with Crippen molar-refractivity contribution in [2.24, 2.45) is 0 Å². The van der Waals surface area contributed by atoms with Gasteiger partial charge in [-0.2, -0.15) is 5.26 Å². The first-order valence-corrected chi connectivity index (χ1v) is 5.43. The maximum absolute atomic E-state index is 9.27. The fourth-order valence-electron chi connectivity index (χ4n) is 1.33. The van der Waals surface area contributed by atoms with Crippen LogP contribution in [0.2, 0.25) is 0 Å². The fraction of sp³-hybridized carbons (Fsp3) is 0.0833. The minimum Gasteiger partial charge on any atom is -0.457 e. The molecule has 0 aliphatic carbocycles. The molecule has 0 unspecified atom stereocenters. The summed E-state index contributed by atoms with van der Waals surface area (Å²) in [5, 5.41) is 17.8. The van der Waals surface area contributed by atoms with Crippen LogP contribution >= 0.6 is 15.9 Å². The molecular formula is C12H8BrNO2. The van der Waals surface area contributed by atoms with Crippen molar-refractivity contribution in [2.75, 3.05) is 0 Å². The van der Waals surface area contributed by atoms with E-state index < -0.39 is 6.10 Å². The first-order chi connectivity index (χ1) is 7.70. The molecule has 0 amide bonds. The first kappa shape index (κ1) is 10.9. The average Bonchev–Trinajstić information content (AvgIpc) is 2.78. The van der Waals surface area contributed by atoms with Crippen LogP contribution < -0.4 is 0 Å².